The molecule has 1 rings (SSSR count). The Hall–Kier alpha value is -1.36. The molecule has 16 heavy (non-hydrogen) atoms. The molecule has 1 aromatic heterocycles. The maximum Gasteiger partial charge on any atom is 0.137 e. The first-order chi connectivity index (χ1) is 7.70. The lowest BCUT2D eigenvalue weighted by Gasteiger charge is -2.20. The number of nitrogens with two attached hydrogens (primary N) is 1. The lowest BCUT2D eigenvalue weighted by molar-refractivity contribution is 0.196. The van der Waals surface area contributed by atoms with E-state index >= 15 is 0 Å². The molecule has 0 saturated carbocycles. The van der Waals surface area contributed by atoms with Gasteiger partial charge >= 0.3 is 0 Å². The Morgan fingerprint density at radius 3 is 2.81 bits per heavy atom. The van der Waals surface area contributed by atoms with E-state index in [1.54, 1.807) is 7.11 Å². The van der Waals surface area contributed by atoms with Crippen molar-refractivity contribution in [2.24, 2.45) is 0 Å². The predicted molar refractivity (Wildman–Crippen MR) is 65.6 cm³/mol. The highest BCUT2D eigenvalue weighted by Crippen LogP contribution is 2.20. The third-order valence-electron chi connectivity index (χ3n) is 2.51. The van der Waals surface area contributed by atoms with E-state index in [1.165, 1.54) is 6.33 Å². The highest BCUT2D eigenvalue weighted by atomic mass is 16.5. The normalized spacial score (nSPS) is 10.4. The highest BCUT2D eigenvalue weighted by molar-refractivity contribution is 5.56. The molecule has 0 saturated heterocycles. The van der Waals surface area contributed by atoms with Gasteiger partial charge in [0.25, 0.3) is 0 Å². The molecular weight excluding hydrogens is 204 g/mol. The Labute approximate surface area is 96.6 Å². The molecule has 5 nitrogen and oxygen atoms in total. The zero-order valence-corrected chi connectivity index (χ0v) is 10.2. The summed E-state index contributed by atoms with van der Waals surface area (Å²) in [4.78, 5) is 10.4. The average Bonchev–Trinajstić information content (AvgIpc) is 2.29. The molecule has 0 aliphatic rings. The summed E-state index contributed by atoms with van der Waals surface area (Å²) in [6.45, 7) is 3.71. The van der Waals surface area contributed by atoms with E-state index in [9.17, 15) is 0 Å². The lowest BCUT2D eigenvalue weighted by Crippen LogP contribution is -2.23. The second-order valence-corrected chi connectivity index (χ2v) is 3.68. The summed E-state index contributed by atoms with van der Waals surface area (Å²) in [7, 11) is 3.72. The van der Waals surface area contributed by atoms with Gasteiger partial charge in [0.15, 0.2) is 0 Å². The first-order valence-electron chi connectivity index (χ1n) is 5.50. The Morgan fingerprint density at radius 2 is 2.19 bits per heavy atom. The van der Waals surface area contributed by atoms with E-state index in [0.717, 1.165) is 37.4 Å². The molecule has 90 valence electrons. The van der Waals surface area contributed by atoms with Gasteiger partial charge in [0, 0.05) is 32.9 Å². The summed E-state index contributed by atoms with van der Waals surface area (Å²) in [5.41, 5.74) is 6.84. The van der Waals surface area contributed by atoms with Gasteiger partial charge in [0.05, 0.1) is 0 Å². The zero-order valence-electron chi connectivity index (χ0n) is 10.2. The monoisotopic (exact) mass is 224 g/mol. The minimum absolute atomic E-state index is 0.575. The number of hydrogen-bond donors (Lipinski definition) is 1. The summed E-state index contributed by atoms with van der Waals surface area (Å²) in [6.07, 6.45) is 3.33. The largest absolute Gasteiger partial charge is 0.385 e. The second-order valence-electron chi connectivity index (χ2n) is 3.68. The molecule has 0 unspecified atom stereocenters. The number of ether oxygens (including phenoxy) is 1. The molecule has 1 aromatic rings. The van der Waals surface area contributed by atoms with Gasteiger partial charge < -0.3 is 15.4 Å². The smallest absolute Gasteiger partial charge is 0.137 e. The van der Waals surface area contributed by atoms with Crippen LogP contribution in [-0.2, 0) is 11.2 Å². The maximum absolute atomic E-state index is 5.82. The van der Waals surface area contributed by atoms with Crippen molar-refractivity contribution in [3.05, 3.63) is 11.9 Å². The molecule has 0 bridgehead atoms. The van der Waals surface area contributed by atoms with Gasteiger partial charge in [0.2, 0.25) is 0 Å². The fraction of sp³-hybridized carbons (Fsp3) is 0.636. The third kappa shape index (κ3) is 3.06. The van der Waals surface area contributed by atoms with Crippen LogP contribution in [0.4, 0.5) is 11.6 Å². The minimum Gasteiger partial charge on any atom is -0.385 e. The maximum atomic E-state index is 5.82. The molecule has 0 atom stereocenters. The first-order valence-corrected chi connectivity index (χ1v) is 5.50. The SMILES string of the molecule is CCc1c(N)ncnc1N(C)CCCOC. The molecule has 0 spiro atoms. The van der Waals surface area contributed by atoms with E-state index in [4.69, 9.17) is 10.5 Å². The van der Waals surface area contributed by atoms with E-state index in [1.807, 2.05) is 7.05 Å². The summed E-state index contributed by atoms with van der Waals surface area (Å²) < 4.78 is 5.02. The summed E-state index contributed by atoms with van der Waals surface area (Å²) in [5.74, 6) is 1.50. The summed E-state index contributed by atoms with van der Waals surface area (Å²) >= 11 is 0. The number of methoxy groups -OCH3 is 1. The van der Waals surface area contributed by atoms with Crippen LogP contribution < -0.4 is 10.6 Å². The van der Waals surface area contributed by atoms with Crippen molar-refractivity contribution in [3.63, 3.8) is 0 Å². The summed E-state index contributed by atoms with van der Waals surface area (Å²) in [5, 5.41) is 0. The predicted octanol–water partition coefficient (Wildman–Crippen LogP) is 1.09. The summed E-state index contributed by atoms with van der Waals surface area (Å²) in [6, 6.07) is 0. The Morgan fingerprint density at radius 1 is 1.44 bits per heavy atom. The van der Waals surface area contributed by atoms with Crippen molar-refractivity contribution < 1.29 is 4.74 Å². The molecule has 0 radical (unpaired) electrons. The van der Waals surface area contributed by atoms with Crippen LogP contribution in [-0.4, -0.2) is 37.3 Å². The molecule has 0 aromatic carbocycles. The Bertz CT molecular complexity index is 330. The lowest BCUT2D eigenvalue weighted by atomic mass is 10.2. The van der Waals surface area contributed by atoms with E-state index < -0.39 is 0 Å². The number of anilines is 2. The fourth-order valence-corrected chi connectivity index (χ4v) is 1.64. The van der Waals surface area contributed by atoms with Crippen LogP contribution in [0.15, 0.2) is 6.33 Å². The molecule has 2 N–H and O–H groups in total. The molecule has 5 heteroatoms. The van der Waals surface area contributed by atoms with Gasteiger partial charge in [-0.15, -0.1) is 0 Å². The third-order valence-corrected chi connectivity index (χ3v) is 2.51. The van der Waals surface area contributed by atoms with Crippen molar-refractivity contribution in [3.8, 4) is 0 Å². The Kier molecular flexibility index (Phi) is 4.98. The second kappa shape index (κ2) is 6.27. The first kappa shape index (κ1) is 12.7. The van der Waals surface area contributed by atoms with Crippen LogP contribution in [0, 0.1) is 0 Å². The van der Waals surface area contributed by atoms with Crippen LogP contribution in [0.25, 0.3) is 0 Å². The number of rotatable bonds is 6. The van der Waals surface area contributed by atoms with Gasteiger partial charge in [-0.3, -0.25) is 0 Å². The molecule has 0 fully saturated rings. The molecule has 0 amide bonds. The molecule has 1 heterocycles. The van der Waals surface area contributed by atoms with Gasteiger partial charge in [-0.05, 0) is 12.8 Å². The number of hydrogen-bond acceptors (Lipinski definition) is 5. The van der Waals surface area contributed by atoms with Crippen molar-refractivity contribution in [1.29, 1.82) is 0 Å². The molecule has 0 aliphatic heterocycles. The van der Waals surface area contributed by atoms with Crippen LogP contribution in [0.2, 0.25) is 0 Å². The van der Waals surface area contributed by atoms with Crippen LogP contribution >= 0.6 is 0 Å². The van der Waals surface area contributed by atoms with Gasteiger partial charge in [0.1, 0.15) is 18.0 Å². The van der Waals surface area contributed by atoms with E-state index in [0.29, 0.717) is 5.82 Å². The topological polar surface area (TPSA) is 64.3 Å². The minimum atomic E-state index is 0.575. The Balaban J connectivity index is 2.74. The van der Waals surface area contributed by atoms with Crippen molar-refractivity contribution in [2.75, 3.05) is 37.9 Å². The zero-order chi connectivity index (χ0) is 12.0. The van der Waals surface area contributed by atoms with Crippen molar-refractivity contribution in [2.45, 2.75) is 19.8 Å². The number of nitrogens with zero attached hydrogens (tertiary/aromatic N) is 3. The molecule has 0 aliphatic carbocycles. The quantitative estimate of drug-likeness (QED) is 0.733. The van der Waals surface area contributed by atoms with Gasteiger partial charge in [-0.1, -0.05) is 6.92 Å². The van der Waals surface area contributed by atoms with Gasteiger partial charge in [-0.2, -0.15) is 0 Å². The van der Waals surface area contributed by atoms with Gasteiger partial charge in [-0.25, -0.2) is 9.97 Å². The van der Waals surface area contributed by atoms with Crippen molar-refractivity contribution >= 4 is 11.6 Å². The highest BCUT2D eigenvalue weighted by Gasteiger charge is 2.10. The van der Waals surface area contributed by atoms with Crippen LogP contribution in [0.5, 0.6) is 0 Å². The molecular formula is C11H20N4O. The van der Waals surface area contributed by atoms with Crippen LogP contribution in [0.3, 0.4) is 0 Å². The average molecular weight is 224 g/mol. The van der Waals surface area contributed by atoms with E-state index in [2.05, 4.69) is 21.8 Å². The fourth-order valence-electron chi connectivity index (χ4n) is 1.64. The standard InChI is InChI=1S/C11H20N4O/c1-4-9-10(12)13-8-14-11(9)15(2)6-5-7-16-3/h8H,4-7H2,1-3H3,(H2,12,13,14). The van der Waals surface area contributed by atoms with E-state index in [-0.39, 0.29) is 0 Å². The van der Waals surface area contributed by atoms with Crippen LogP contribution in [0.1, 0.15) is 18.9 Å². The number of aromatic nitrogens is 2. The number of nitrogen functional groups attached to an aromatic ring is 1. The van der Waals surface area contributed by atoms with Crippen molar-refractivity contribution in [1.82, 2.24) is 9.97 Å².